The van der Waals surface area contributed by atoms with Crippen LogP contribution in [0.25, 0.3) is 0 Å². The Labute approximate surface area is 184 Å². The number of benzene rings is 2. The molecule has 0 spiro atoms. The lowest BCUT2D eigenvalue weighted by Crippen LogP contribution is -2.42. The number of carbonyl (C=O) groups is 3. The first-order valence-corrected chi connectivity index (χ1v) is 10.6. The summed E-state index contributed by atoms with van der Waals surface area (Å²) in [6.07, 6.45) is 0.843. The van der Waals surface area contributed by atoms with Crippen LogP contribution in [0.3, 0.4) is 0 Å². The normalized spacial score (nSPS) is 17.7. The van der Waals surface area contributed by atoms with E-state index in [4.69, 9.17) is 0 Å². The van der Waals surface area contributed by atoms with Gasteiger partial charge >= 0.3 is 0 Å². The smallest absolute Gasteiger partial charge is 0.244 e. The first-order valence-electron chi connectivity index (χ1n) is 10.6. The van der Waals surface area contributed by atoms with Crippen molar-refractivity contribution in [3.63, 3.8) is 0 Å². The largest absolute Gasteiger partial charge is 0.371 e. The Balaban J connectivity index is 1.23. The summed E-state index contributed by atoms with van der Waals surface area (Å²) in [4.78, 5) is 40.1. The third kappa shape index (κ3) is 4.87. The molecule has 168 valence electrons. The van der Waals surface area contributed by atoms with Crippen molar-refractivity contribution in [2.24, 2.45) is 5.92 Å². The summed E-state index contributed by atoms with van der Waals surface area (Å²) in [5.41, 5.74) is 1.82. The summed E-state index contributed by atoms with van der Waals surface area (Å²) >= 11 is 0. The van der Waals surface area contributed by atoms with Crippen LogP contribution in [0, 0.1) is 17.6 Å². The number of anilines is 3. The molecule has 7 nitrogen and oxygen atoms in total. The molecule has 1 unspecified atom stereocenters. The van der Waals surface area contributed by atoms with Crippen LogP contribution in [0.4, 0.5) is 25.8 Å². The molecule has 1 atom stereocenters. The minimum atomic E-state index is -0.877. The fourth-order valence-corrected chi connectivity index (χ4v) is 4.07. The van der Waals surface area contributed by atoms with E-state index in [2.05, 4.69) is 10.6 Å². The molecule has 0 saturated carbocycles. The Bertz CT molecular complexity index is 1050. The van der Waals surface area contributed by atoms with Crippen LogP contribution in [0.2, 0.25) is 0 Å². The number of halogens is 2. The van der Waals surface area contributed by atoms with Crippen LogP contribution in [-0.4, -0.2) is 43.9 Å². The zero-order valence-corrected chi connectivity index (χ0v) is 17.4. The topological polar surface area (TPSA) is 81.8 Å². The van der Waals surface area contributed by atoms with Gasteiger partial charge in [0.05, 0.1) is 11.4 Å². The molecule has 2 heterocycles. The number of nitrogens with one attached hydrogen (secondary N) is 2. The Kier molecular flexibility index (Phi) is 6.34. The SMILES string of the molecule is O=C(CCC(=O)N1CC(=O)Nc2ccccc21)NCC1CCN(c2ccc(F)c(F)c2)C1. The second kappa shape index (κ2) is 9.33. The third-order valence-corrected chi connectivity index (χ3v) is 5.78. The fourth-order valence-electron chi connectivity index (χ4n) is 4.07. The first kappa shape index (κ1) is 21.7. The quantitative estimate of drug-likeness (QED) is 0.721. The standard InChI is InChI=1S/C23H24F2N4O3/c24-17-6-5-16(11-18(17)25)28-10-9-15(13-28)12-26-21(30)7-8-23(32)29-14-22(31)27-19-3-1-2-4-20(19)29/h1-6,11,15H,7-10,12-14H2,(H,26,30)(H,27,31). The maximum absolute atomic E-state index is 13.5. The molecule has 0 aliphatic carbocycles. The van der Waals surface area contributed by atoms with E-state index in [-0.39, 0.29) is 43.0 Å². The minimum absolute atomic E-state index is 0.000897. The van der Waals surface area contributed by atoms with Gasteiger partial charge in [-0.1, -0.05) is 12.1 Å². The summed E-state index contributed by atoms with van der Waals surface area (Å²) in [6.45, 7) is 1.70. The van der Waals surface area contributed by atoms with Crippen LogP contribution in [-0.2, 0) is 14.4 Å². The molecule has 9 heteroatoms. The molecule has 0 bridgehead atoms. The summed E-state index contributed by atoms with van der Waals surface area (Å²) < 4.78 is 26.6. The highest BCUT2D eigenvalue weighted by atomic mass is 19.2. The van der Waals surface area contributed by atoms with Crippen LogP contribution in [0.1, 0.15) is 19.3 Å². The molecule has 32 heavy (non-hydrogen) atoms. The van der Waals surface area contributed by atoms with Crippen molar-refractivity contribution in [1.82, 2.24) is 5.32 Å². The summed E-state index contributed by atoms with van der Waals surface area (Å²) in [7, 11) is 0. The monoisotopic (exact) mass is 442 g/mol. The Morgan fingerprint density at radius 1 is 1.09 bits per heavy atom. The highest BCUT2D eigenvalue weighted by Crippen LogP contribution is 2.29. The average Bonchev–Trinajstić information content (AvgIpc) is 3.26. The van der Waals surface area contributed by atoms with E-state index >= 15 is 0 Å². The number of fused-ring (bicyclic) bond motifs is 1. The third-order valence-electron chi connectivity index (χ3n) is 5.78. The zero-order valence-electron chi connectivity index (χ0n) is 17.4. The first-order chi connectivity index (χ1) is 15.4. The van der Waals surface area contributed by atoms with Gasteiger partial charge in [-0.05, 0) is 36.6 Å². The Morgan fingerprint density at radius 3 is 2.72 bits per heavy atom. The van der Waals surface area contributed by atoms with E-state index in [1.54, 1.807) is 30.3 Å². The van der Waals surface area contributed by atoms with E-state index in [9.17, 15) is 23.2 Å². The van der Waals surface area contributed by atoms with Crippen LogP contribution < -0.4 is 20.4 Å². The molecule has 1 fully saturated rings. The molecule has 2 aliphatic heterocycles. The van der Waals surface area contributed by atoms with Crippen LogP contribution in [0.15, 0.2) is 42.5 Å². The lowest BCUT2D eigenvalue weighted by atomic mass is 10.1. The molecule has 3 amide bonds. The lowest BCUT2D eigenvalue weighted by Gasteiger charge is -2.29. The highest BCUT2D eigenvalue weighted by molar-refractivity contribution is 6.10. The number of para-hydroxylation sites is 2. The molecule has 1 saturated heterocycles. The van der Waals surface area contributed by atoms with Crippen molar-refractivity contribution < 1.29 is 23.2 Å². The van der Waals surface area contributed by atoms with Gasteiger partial charge in [-0.15, -0.1) is 0 Å². The van der Waals surface area contributed by atoms with E-state index in [0.717, 1.165) is 12.5 Å². The molecule has 2 N–H and O–H groups in total. The van der Waals surface area contributed by atoms with Crippen molar-refractivity contribution in [2.75, 3.05) is 41.3 Å². The predicted molar refractivity (Wildman–Crippen MR) is 116 cm³/mol. The van der Waals surface area contributed by atoms with Gasteiger partial charge in [0.25, 0.3) is 0 Å². The molecular weight excluding hydrogens is 418 g/mol. The van der Waals surface area contributed by atoms with Gasteiger partial charge in [-0.2, -0.15) is 0 Å². The van der Waals surface area contributed by atoms with Crippen molar-refractivity contribution in [1.29, 1.82) is 0 Å². The molecule has 0 radical (unpaired) electrons. The Hall–Kier alpha value is -3.49. The van der Waals surface area contributed by atoms with Crippen molar-refractivity contribution >= 4 is 34.8 Å². The maximum Gasteiger partial charge on any atom is 0.244 e. The van der Waals surface area contributed by atoms with Gasteiger partial charge in [-0.25, -0.2) is 8.78 Å². The number of nitrogens with zero attached hydrogens (tertiary/aromatic N) is 2. The molecule has 2 aliphatic rings. The fraction of sp³-hybridized carbons (Fsp3) is 0.348. The van der Waals surface area contributed by atoms with Crippen LogP contribution >= 0.6 is 0 Å². The summed E-state index contributed by atoms with van der Waals surface area (Å²) in [5.74, 6) is -2.36. The lowest BCUT2D eigenvalue weighted by molar-refractivity contribution is -0.125. The van der Waals surface area contributed by atoms with Gasteiger partial charge in [-0.3, -0.25) is 14.4 Å². The van der Waals surface area contributed by atoms with Gasteiger partial charge in [0.2, 0.25) is 17.7 Å². The Morgan fingerprint density at radius 2 is 1.91 bits per heavy atom. The van der Waals surface area contributed by atoms with Crippen molar-refractivity contribution in [2.45, 2.75) is 19.3 Å². The summed E-state index contributed by atoms with van der Waals surface area (Å²) in [5, 5.41) is 5.58. The number of amides is 3. The molecule has 2 aromatic carbocycles. The van der Waals surface area contributed by atoms with E-state index in [1.165, 1.54) is 11.0 Å². The van der Waals surface area contributed by atoms with Crippen LogP contribution in [0.5, 0.6) is 0 Å². The number of hydrogen-bond donors (Lipinski definition) is 2. The zero-order chi connectivity index (χ0) is 22.7. The van der Waals surface area contributed by atoms with E-state index in [0.29, 0.717) is 36.7 Å². The van der Waals surface area contributed by atoms with Crippen molar-refractivity contribution in [3.05, 3.63) is 54.1 Å². The second-order valence-electron chi connectivity index (χ2n) is 8.05. The highest BCUT2D eigenvalue weighted by Gasteiger charge is 2.27. The number of rotatable bonds is 6. The molecule has 0 aromatic heterocycles. The molecular formula is C23H24F2N4O3. The predicted octanol–water partition coefficient (Wildman–Crippen LogP) is 2.67. The molecule has 4 rings (SSSR count). The average molecular weight is 442 g/mol. The number of hydrogen-bond acceptors (Lipinski definition) is 4. The van der Waals surface area contributed by atoms with E-state index in [1.807, 2.05) is 4.90 Å². The van der Waals surface area contributed by atoms with Crippen molar-refractivity contribution in [3.8, 4) is 0 Å². The minimum Gasteiger partial charge on any atom is -0.371 e. The van der Waals surface area contributed by atoms with Gasteiger partial charge in [0, 0.05) is 44.2 Å². The maximum atomic E-state index is 13.5. The number of carbonyl (C=O) groups excluding carboxylic acids is 3. The van der Waals surface area contributed by atoms with Gasteiger partial charge < -0.3 is 20.4 Å². The summed E-state index contributed by atoms with van der Waals surface area (Å²) in [6, 6.07) is 10.9. The van der Waals surface area contributed by atoms with E-state index < -0.39 is 11.6 Å². The molecule has 2 aromatic rings. The second-order valence-corrected chi connectivity index (χ2v) is 8.05. The van der Waals surface area contributed by atoms with Gasteiger partial charge in [0.15, 0.2) is 11.6 Å². The van der Waals surface area contributed by atoms with Gasteiger partial charge in [0.1, 0.15) is 6.54 Å².